The lowest BCUT2D eigenvalue weighted by atomic mass is 10.0. The Morgan fingerprint density at radius 3 is 2.18 bits per heavy atom. The maximum absolute atomic E-state index is 5.98. The summed E-state index contributed by atoms with van der Waals surface area (Å²) in [7, 11) is 0. The summed E-state index contributed by atoms with van der Waals surface area (Å²) in [4.78, 5) is 2.57. The largest absolute Gasteiger partial charge is 0.329 e. The van der Waals surface area contributed by atoms with Crippen molar-refractivity contribution in [3.8, 4) is 0 Å². The highest BCUT2D eigenvalue weighted by Gasteiger charge is 2.19. The molecule has 0 amide bonds. The number of rotatable bonds is 3. The van der Waals surface area contributed by atoms with Crippen molar-refractivity contribution < 1.29 is 0 Å². The van der Waals surface area contributed by atoms with Gasteiger partial charge in [-0.25, -0.2) is 0 Å². The summed E-state index contributed by atoms with van der Waals surface area (Å²) in [5.74, 6) is 0. The molecule has 1 aliphatic rings. The van der Waals surface area contributed by atoms with E-state index in [2.05, 4.69) is 36.1 Å². The van der Waals surface area contributed by atoms with Gasteiger partial charge in [0, 0.05) is 12.6 Å². The SMILES string of the molecule is Cc1ccc(C(CN)N2CCCCCC2)cc1. The number of aryl methyl sites for hydroxylation is 1. The first-order valence-corrected chi connectivity index (χ1v) is 6.82. The van der Waals surface area contributed by atoms with E-state index in [0.717, 1.165) is 6.54 Å². The van der Waals surface area contributed by atoms with E-state index in [1.807, 2.05) is 0 Å². The molecule has 94 valence electrons. The Bertz CT molecular complexity index is 323. The summed E-state index contributed by atoms with van der Waals surface area (Å²) in [6, 6.07) is 9.26. The average Bonchev–Trinajstić information content (AvgIpc) is 2.62. The van der Waals surface area contributed by atoms with E-state index in [-0.39, 0.29) is 0 Å². The van der Waals surface area contributed by atoms with Crippen LogP contribution in [-0.2, 0) is 0 Å². The summed E-state index contributed by atoms with van der Waals surface area (Å²) in [5.41, 5.74) is 8.68. The fourth-order valence-corrected chi connectivity index (χ4v) is 2.69. The molecule has 0 aliphatic carbocycles. The van der Waals surface area contributed by atoms with E-state index in [0.29, 0.717) is 6.04 Å². The lowest BCUT2D eigenvalue weighted by molar-refractivity contribution is 0.210. The van der Waals surface area contributed by atoms with E-state index >= 15 is 0 Å². The third kappa shape index (κ3) is 3.30. The molecule has 0 bridgehead atoms. The Balaban J connectivity index is 2.11. The predicted molar refractivity (Wildman–Crippen MR) is 73.0 cm³/mol. The number of nitrogens with zero attached hydrogens (tertiary/aromatic N) is 1. The molecule has 1 aromatic rings. The van der Waals surface area contributed by atoms with E-state index in [1.165, 1.54) is 49.9 Å². The first-order valence-electron chi connectivity index (χ1n) is 6.82. The van der Waals surface area contributed by atoms with Crippen LogP contribution in [0.5, 0.6) is 0 Å². The minimum Gasteiger partial charge on any atom is -0.329 e. The molecule has 2 heteroatoms. The molecule has 0 saturated carbocycles. The van der Waals surface area contributed by atoms with Crippen LogP contribution in [0.1, 0.15) is 42.9 Å². The Morgan fingerprint density at radius 1 is 1.06 bits per heavy atom. The number of likely N-dealkylation sites (tertiary alicyclic amines) is 1. The zero-order valence-electron chi connectivity index (χ0n) is 10.9. The maximum Gasteiger partial charge on any atom is 0.0470 e. The van der Waals surface area contributed by atoms with Gasteiger partial charge in [0.2, 0.25) is 0 Å². The van der Waals surface area contributed by atoms with Crippen molar-refractivity contribution in [1.29, 1.82) is 0 Å². The van der Waals surface area contributed by atoms with Crippen LogP contribution < -0.4 is 5.73 Å². The van der Waals surface area contributed by atoms with Gasteiger partial charge in [0.1, 0.15) is 0 Å². The molecule has 1 aliphatic heterocycles. The molecular weight excluding hydrogens is 208 g/mol. The highest BCUT2D eigenvalue weighted by Crippen LogP contribution is 2.23. The van der Waals surface area contributed by atoms with Crippen molar-refractivity contribution in [3.05, 3.63) is 35.4 Å². The lowest BCUT2D eigenvalue weighted by Crippen LogP contribution is -2.34. The first-order chi connectivity index (χ1) is 8.31. The quantitative estimate of drug-likeness (QED) is 0.868. The van der Waals surface area contributed by atoms with Gasteiger partial charge >= 0.3 is 0 Å². The third-order valence-corrected chi connectivity index (χ3v) is 3.77. The fraction of sp³-hybridized carbons (Fsp3) is 0.600. The van der Waals surface area contributed by atoms with Crippen molar-refractivity contribution in [2.75, 3.05) is 19.6 Å². The highest BCUT2D eigenvalue weighted by molar-refractivity contribution is 5.24. The van der Waals surface area contributed by atoms with E-state index in [9.17, 15) is 0 Å². The molecule has 17 heavy (non-hydrogen) atoms. The van der Waals surface area contributed by atoms with Gasteiger partial charge in [-0.1, -0.05) is 42.7 Å². The van der Waals surface area contributed by atoms with Gasteiger partial charge in [0.15, 0.2) is 0 Å². The molecule has 1 fully saturated rings. The van der Waals surface area contributed by atoms with Crippen LogP contribution >= 0.6 is 0 Å². The second-order valence-electron chi connectivity index (χ2n) is 5.11. The van der Waals surface area contributed by atoms with E-state index in [1.54, 1.807) is 0 Å². The zero-order valence-corrected chi connectivity index (χ0v) is 10.9. The van der Waals surface area contributed by atoms with Crippen LogP contribution in [0.2, 0.25) is 0 Å². The van der Waals surface area contributed by atoms with Crippen molar-refractivity contribution in [1.82, 2.24) is 4.90 Å². The minimum atomic E-state index is 0.411. The van der Waals surface area contributed by atoms with Crippen LogP contribution in [0.25, 0.3) is 0 Å². The average molecular weight is 232 g/mol. The number of hydrogen-bond donors (Lipinski definition) is 1. The standard InChI is InChI=1S/C15H24N2/c1-13-6-8-14(9-7-13)15(12-16)17-10-4-2-3-5-11-17/h6-9,15H,2-5,10-12,16H2,1H3. The molecular formula is C15H24N2. The molecule has 2 nitrogen and oxygen atoms in total. The highest BCUT2D eigenvalue weighted by atomic mass is 15.2. The lowest BCUT2D eigenvalue weighted by Gasteiger charge is -2.30. The van der Waals surface area contributed by atoms with Gasteiger partial charge in [-0.05, 0) is 38.4 Å². The Labute approximate surface area is 105 Å². The molecule has 1 unspecified atom stereocenters. The number of benzene rings is 1. The molecule has 0 radical (unpaired) electrons. The number of hydrogen-bond acceptors (Lipinski definition) is 2. The molecule has 2 N–H and O–H groups in total. The van der Waals surface area contributed by atoms with Crippen LogP contribution in [-0.4, -0.2) is 24.5 Å². The Hall–Kier alpha value is -0.860. The van der Waals surface area contributed by atoms with Crippen LogP contribution in [0.15, 0.2) is 24.3 Å². The molecule has 0 aromatic heterocycles. The van der Waals surface area contributed by atoms with Gasteiger partial charge in [0.05, 0.1) is 0 Å². The smallest absolute Gasteiger partial charge is 0.0470 e. The van der Waals surface area contributed by atoms with Crippen molar-refractivity contribution in [2.24, 2.45) is 5.73 Å². The van der Waals surface area contributed by atoms with E-state index < -0.39 is 0 Å². The molecule has 1 saturated heterocycles. The van der Waals surface area contributed by atoms with Crippen LogP contribution in [0.3, 0.4) is 0 Å². The Kier molecular flexibility index (Phi) is 4.57. The first kappa shape index (κ1) is 12.6. The van der Waals surface area contributed by atoms with Crippen molar-refractivity contribution in [3.63, 3.8) is 0 Å². The fourth-order valence-electron chi connectivity index (χ4n) is 2.69. The number of nitrogens with two attached hydrogens (primary N) is 1. The molecule has 1 aromatic carbocycles. The normalized spacial score (nSPS) is 19.9. The van der Waals surface area contributed by atoms with Gasteiger partial charge in [-0.3, -0.25) is 4.90 Å². The van der Waals surface area contributed by atoms with Crippen LogP contribution in [0.4, 0.5) is 0 Å². The topological polar surface area (TPSA) is 29.3 Å². The predicted octanol–water partition coefficient (Wildman–Crippen LogP) is 2.87. The minimum absolute atomic E-state index is 0.411. The summed E-state index contributed by atoms with van der Waals surface area (Å²) in [6.07, 6.45) is 5.40. The van der Waals surface area contributed by atoms with Gasteiger partial charge in [-0.2, -0.15) is 0 Å². The van der Waals surface area contributed by atoms with Gasteiger partial charge in [-0.15, -0.1) is 0 Å². The van der Waals surface area contributed by atoms with Gasteiger partial charge in [0.25, 0.3) is 0 Å². The molecule has 1 atom stereocenters. The summed E-state index contributed by atoms with van der Waals surface area (Å²) < 4.78 is 0. The zero-order chi connectivity index (χ0) is 12.1. The monoisotopic (exact) mass is 232 g/mol. The second-order valence-corrected chi connectivity index (χ2v) is 5.11. The van der Waals surface area contributed by atoms with E-state index in [4.69, 9.17) is 5.73 Å². The second kappa shape index (κ2) is 6.18. The van der Waals surface area contributed by atoms with Crippen molar-refractivity contribution >= 4 is 0 Å². The van der Waals surface area contributed by atoms with Crippen molar-refractivity contribution in [2.45, 2.75) is 38.6 Å². The van der Waals surface area contributed by atoms with Crippen LogP contribution in [0, 0.1) is 6.92 Å². The molecule has 1 heterocycles. The summed E-state index contributed by atoms with van der Waals surface area (Å²) in [5, 5.41) is 0. The summed E-state index contributed by atoms with van der Waals surface area (Å²) >= 11 is 0. The van der Waals surface area contributed by atoms with Gasteiger partial charge < -0.3 is 5.73 Å². The summed E-state index contributed by atoms with van der Waals surface area (Å²) in [6.45, 7) is 5.27. The molecule has 0 spiro atoms. The molecule has 2 rings (SSSR count). The Morgan fingerprint density at radius 2 is 1.65 bits per heavy atom. The third-order valence-electron chi connectivity index (χ3n) is 3.77. The maximum atomic E-state index is 5.98.